The van der Waals surface area contributed by atoms with Crippen LogP contribution in [0.25, 0.3) is 0 Å². The first kappa shape index (κ1) is 11.0. The van der Waals surface area contributed by atoms with Crippen molar-refractivity contribution < 1.29 is 0 Å². The minimum absolute atomic E-state index is 0.179. The maximum atomic E-state index is 5.18. The summed E-state index contributed by atoms with van der Waals surface area (Å²) < 4.78 is 0. The van der Waals surface area contributed by atoms with E-state index in [1.807, 2.05) is 6.92 Å². The van der Waals surface area contributed by atoms with Crippen molar-refractivity contribution in [3.05, 3.63) is 12.2 Å². The van der Waals surface area contributed by atoms with Crippen molar-refractivity contribution in [3.8, 4) is 0 Å². The molecule has 3 nitrogen and oxygen atoms in total. The highest BCUT2D eigenvalue weighted by Crippen LogP contribution is 2.13. The van der Waals surface area contributed by atoms with Gasteiger partial charge in [0.25, 0.3) is 0 Å². The third-order valence-electron chi connectivity index (χ3n) is 1.93. The van der Waals surface area contributed by atoms with E-state index in [0.29, 0.717) is 5.92 Å². The van der Waals surface area contributed by atoms with Crippen LogP contribution < -0.4 is 11.5 Å². The van der Waals surface area contributed by atoms with Crippen LogP contribution in [0.15, 0.2) is 17.1 Å². The Balaban J connectivity index is 3.44. The second-order valence-corrected chi connectivity index (χ2v) is 3.20. The smallest absolute Gasteiger partial charge is 0.185 e. The molecule has 12 heavy (non-hydrogen) atoms. The van der Waals surface area contributed by atoms with Crippen LogP contribution in [0.4, 0.5) is 0 Å². The first-order valence-corrected chi connectivity index (χ1v) is 4.25. The molecule has 0 saturated heterocycles. The van der Waals surface area contributed by atoms with E-state index in [2.05, 4.69) is 18.5 Å². The van der Waals surface area contributed by atoms with Gasteiger partial charge < -0.3 is 11.5 Å². The summed E-state index contributed by atoms with van der Waals surface area (Å²) in [5, 5.41) is 0. The molecule has 0 unspecified atom stereocenters. The molecule has 0 aromatic carbocycles. The Bertz CT molecular complexity index is 169. The van der Waals surface area contributed by atoms with E-state index in [1.54, 1.807) is 0 Å². The average Bonchev–Trinajstić information content (AvgIpc) is 1.97. The second kappa shape index (κ2) is 5.63. The van der Waals surface area contributed by atoms with Crippen molar-refractivity contribution in [1.29, 1.82) is 0 Å². The molecule has 0 aliphatic carbocycles. The number of hydrogen-bond donors (Lipinski definition) is 2. The molecule has 0 aliphatic rings. The van der Waals surface area contributed by atoms with Crippen molar-refractivity contribution in [3.63, 3.8) is 0 Å². The highest BCUT2D eigenvalue weighted by Gasteiger charge is 2.00. The van der Waals surface area contributed by atoms with Gasteiger partial charge in [0.05, 0.1) is 0 Å². The van der Waals surface area contributed by atoms with E-state index >= 15 is 0 Å². The minimum Gasteiger partial charge on any atom is -0.370 e. The lowest BCUT2D eigenvalue weighted by Gasteiger charge is -2.08. The zero-order chi connectivity index (χ0) is 9.56. The van der Waals surface area contributed by atoms with Crippen LogP contribution in [0.3, 0.4) is 0 Å². The Morgan fingerprint density at radius 2 is 2.08 bits per heavy atom. The number of aliphatic imine (C=N–C) groups is 1. The van der Waals surface area contributed by atoms with Crippen molar-refractivity contribution in [1.82, 2.24) is 0 Å². The second-order valence-electron chi connectivity index (χ2n) is 3.20. The summed E-state index contributed by atoms with van der Waals surface area (Å²) in [6.45, 7) is 8.82. The predicted molar refractivity (Wildman–Crippen MR) is 53.9 cm³/mol. The van der Waals surface area contributed by atoms with E-state index in [1.165, 1.54) is 5.57 Å². The van der Waals surface area contributed by atoms with Gasteiger partial charge in [0, 0.05) is 6.54 Å². The Morgan fingerprint density at radius 1 is 1.50 bits per heavy atom. The molecule has 0 amide bonds. The summed E-state index contributed by atoms with van der Waals surface area (Å²) in [4.78, 5) is 3.90. The average molecular weight is 169 g/mol. The van der Waals surface area contributed by atoms with E-state index < -0.39 is 0 Å². The monoisotopic (exact) mass is 169 g/mol. The Morgan fingerprint density at radius 3 is 2.50 bits per heavy atom. The lowest BCUT2D eigenvalue weighted by molar-refractivity contribution is 0.586. The van der Waals surface area contributed by atoms with Crippen LogP contribution in [0.5, 0.6) is 0 Å². The van der Waals surface area contributed by atoms with Crippen LogP contribution in [-0.4, -0.2) is 12.5 Å². The summed E-state index contributed by atoms with van der Waals surface area (Å²) in [5.41, 5.74) is 11.6. The van der Waals surface area contributed by atoms with Gasteiger partial charge in [-0.3, -0.25) is 4.99 Å². The van der Waals surface area contributed by atoms with Crippen molar-refractivity contribution >= 4 is 5.96 Å². The number of guanidine groups is 1. The third kappa shape index (κ3) is 5.77. The van der Waals surface area contributed by atoms with Gasteiger partial charge in [-0.1, -0.05) is 19.1 Å². The molecule has 0 radical (unpaired) electrons. The Hall–Kier alpha value is -0.990. The van der Waals surface area contributed by atoms with Gasteiger partial charge in [-0.05, 0) is 25.7 Å². The summed E-state index contributed by atoms with van der Waals surface area (Å²) >= 11 is 0. The molecule has 0 aromatic heterocycles. The molecule has 0 rings (SSSR count). The number of allylic oxidation sites excluding steroid dienone is 1. The fourth-order valence-electron chi connectivity index (χ4n) is 0.852. The van der Waals surface area contributed by atoms with E-state index in [4.69, 9.17) is 11.5 Å². The van der Waals surface area contributed by atoms with E-state index in [0.717, 1.165) is 19.4 Å². The molecule has 0 spiro atoms. The summed E-state index contributed by atoms with van der Waals surface area (Å²) in [5.74, 6) is 0.747. The largest absolute Gasteiger partial charge is 0.370 e. The molecule has 0 aromatic rings. The standard InChI is InChI=1S/C9H19N3/c1-7(2)8(3)5-4-6-12-9(10)11/h8H,1,4-6H2,2-3H3,(H4,10,11,12)/t8-/m0/s1. The Kier molecular flexibility index (Phi) is 5.17. The first-order valence-electron chi connectivity index (χ1n) is 4.25. The molecule has 0 heterocycles. The normalized spacial score (nSPS) is 12.2. The molecule has 3 heteroatoms. The Labute approximate surface area is 74.5 Å². The van der Waals surface area contributed by atoms with Crippen LogP contribution in [0.2, 0.25) is 0 Å². The van der Waals surface area contributed by atoms with Gasteiger partial charge in [-0.15, -0.1) is 0 Å². The molecule has 0 saturated carbocycles. The molecule has 0 bridgehead atoms. The van der Waals surface area contributed by atoms with Gasteiger partial charge in [-0.2, -0.15) is 0 Å². The molecule has 0 aliphatic heterocycles. The summed E-state index contributed by atoms with van der Waals surface area (Å²) in [6, 6.07) is 0. The van der Waals surface area contributed by atoms with Crippen molar-refractivity contribution in [2.75, 3.05) is 6.54 Å². The first-order chi connectivity index (χ1) is 5.54. The highest BCUT2D eigenvalue weighted by molar-refractivity contribution is 5.75. The summed E-state index contributed by atoms with van der Waals surface area (Å²) in [6.07, 6.45) is 2.12. The van der Waals surface area contributed by atoms with E-state index in [9.17, 15) is 0 Å². The van der Waals surface area contributed by atoms with Crippen LogP contribution in [-0.2, 0) is 0 Å². The SMILES string of the molecule is C=C(C)[C@@H](C)CCCN=C(N)N. The van der Waals surface area contributed by atoms with Gasteiger partial charge in [-0.25, -0.2) is 0 Å². The van der Waals surface area contributed by atoms with Crippen molar-refractivity contribution in [2.24, 2.45) is 22.4 Å². The number of nitrogens with two attached hydrogens (primary N) is 2. The number of rotatable bonds is 5. The van der Waals surface area contributed by atoms with Crippen molar-refractivity contribution in [2.45, 2.75) is 26.7 Å². The van der Waals surface area contributed by atoms with Gasteiger partial charge in [0.15, 0.2) is 5.96 Å². The van der Waals surface area contributed by atoms with Crippen LogP contribution in [0, 0.1) is 5.92 Å². The molecule has 4 N–H and O–H groups in total. The van der Waals surface area contributed by atoms with Crippen LogP contribution >= 0.6 is 0 Å². The highest BCUT2D eigenvalue weighted by atomic mass is 15.0. The molecular weight excluding hydrogens is 150 g/mol. The lowest BCUT2D eigenvalue weighted by Crippen LogP contribution is -2.23. The topological polar surface area (TPSA) is 64.4 Å². The quantitative estimate of drug-likeness (QED) is 0.281. The van der Waals surface area contributed by atoms with Crippen LogP contribution in [0.1, 0.15) is 26.7 Å². The lowest BCUT2D eigenvalue weighted by atomic mass is 9.99. The number of hydrogen-bond acceptors (Lipinski definition) is 1. The fourth-order valence-corrected chi connectivity index (χ4v) is 0.852. The summed E-state index contributed by atoms with van der Waals surface area (Å²) in [7, 11) is 0. The maximum Gasteiger partial charge on any atom is 0.185 e. The van der Waals surface area contributed by atoms with Gasteiger partial charge >= 0.3 is 0 Å². The molecule has 1 atom stereocenters. The van der Waals surface area contributed by atoms with Gasteiger partial charge in [0.2, 0.25) is 0 Å². The third-order valence-corrected chi connectivity index (χ3v) is 1.93. The number of nitrogens with zero attached hydrogens (tertiary/aromatic N) is 1. The maximum absolute atomic E-state index is 5.18. The zero-order valence-corrected chi connectivity index (χ0v) is 8.01. The molecular formula is C9H19N3. The zero-order valence-electron chi connectivity index (χ0n) is 8.01. The molecule has 0 fully saturated rings. The van der Waals surface area contributed by atoms with E-state index in [-0.39, 0.29) is 5.96 Å². The molecule has 70 valence electrons. The minimum atomic E-state index is 0.179. The fraction of sp³-hybridized carbons (Fsp3) is 0.667. The predicted octanol–water partition coefficient (Wildman–Crippen LogP) is 1.25. The van der Waals surface area contributed by atoms with Gasteiger partial charge in [0.1, 0.15) is 0 Å².